The van der Waals surface area contributed by atoms with Gasteiger partial charge in [0.15, 0.2) is 0 Å². The van der Waals surface area contributed by atoms with Crippen molar-refractivity contribution in [2.75, 3.05) is 0 Å². The SMILES string of the molecule is Brc1cccc2c(-c3nnco3)cccc12. The minimum atomic E-state index is 0.545. The molecule has 0 saturated heterocycles. The lowest BCUT2D eigenvalue weighted by molar-refractivity contribution is 0.569. The third kappa shape index (κ3) is 1.42. The lowest BCUT2D eigenvalue weighted by atomic mass is 10.0. The van der Waals surface area contributed by atoms with Crippen LogP contribution in [-0.2, 0) is 0 Å². The molecule has 1 heterocycles. The fourth-order valence-corrected chi connectivity index (χ4v) is 2.25. The predicted octanol–water partition coefficient (Wildman–Crippen LogP) is 3.65. The van der Waals surface area contributed by atoms with Crippen molar-refractivity contribution >= 4 is 26.7 Å². The second kappa shape index (κ2) is 3.72. The van der Waals surface area contributed by atoms with E-state index in [1.54, 1.807) is 0 Å². The Morgan fingerprint density at radius 1 is 1.00 bits per heavy atom. The number of fused-ring (bicyclic) bond motifs is 1. The van der Waals surface area contributed by atoms with Crippen LogP contribution < -0.4 is 0 Å². The van der Waals surface area contributed by atoms with Gasteiger partial charge in [-0.05, 0) is 22.9 Å². The number of halogens is 1. The van der Waals surface area contributed by atoms with Gasteiger partial charge in [0, 0.05) is 10.0 Å². The molecule has 3 rings (SSSR count). The maximum atomic E-state index is 5.23. The van der Waals surface area contributed by atoms with E-state index in [0.717, 1.165) is 20.8 Å². The average molecular weight is 275 g/mol. The van der Waals surface area contributed by atoms with Gasteiger partial charge in [0.2, 0.25) is 12.3 Å². The summed E-state index contributed by atoms with van der Waals surface area (Å²) in [6.07, 6.45) is 1.34. The maximum Gasteiger partial charge on any atom is 0.248 e. The highest BCUT2D eigenvalue weighted by Crippen LogP contribution is 2.31. The molecule has 1 aromatic heterocycles. The second-order valence-electron chi connectivity index (χ2n) is 3.38. The first-order valence-electron chi connectivity index (χ1n) is 4.80. The van der Waals surface area contributed by atoms with Crippen LogP contribution in [0, 0.1) is 0 Å². The van der Waals surface area contributed by atoms with Crippen LogP contribution in [0.5, 0.6) is 0 Å². The standard InChI is InChI=1S/C12H7BrN2O/c13-11-6-2-3-8-9(11)4-1-5-10(8)12-15-14-7-16-12/h1-7H. The molecular weight excluding hydrogens is 268 g/mol. The molecule has 0 aliphatic heterocycles. The van der Waals surface area contributed by atoms with E-state index < -0.39 is 0 Å². The molecule has 0 bridgehead atoms. The molecule has 3 nitrogen and oxygen atoms in total. The summed E-state index contributed by atoms with van der Waals surface area (Å²) in [5, 5.41) is 9.87. The van der Waals surface area contributed by atoms with E-state index in [9.17, 15) is 0 Å². The van der Waals surface area contributed by atoms with E-state index in [2.05, 4.69) is 32.2 Å². The number of benzene rings is 2. The molecule has 0 amide bonds. The molecule has 0 spiro atoms. The number of rotatable bonds is 1. The Morgan fingerprint density at radius 2 is 1.81 bits per heavy atom. The van der Waals surface area contributed by atoms with Gasteiger partial charge in [-0.1, -0.05) is 40.2 Å². The van der Waals surface area contributed by atoms with Gasteiger partial charge in [-0.2, -0.15) is 0 Å². The van der Waals surface area contributed by atoms with Crippen LogP contribution in [-0.4, -0.2) is 10.2 Å². The molecule has 0 aliphatic rings. The fraction of sp³-hybridized carbons (Fsp3) is 0. The van der Waals surface area contributed by atoms with Crippen molar-refractivity contribution in [1.82, 2.24) is 10.2 Å². The molecule has 0 saturated carbocycles. The molecule has 0 aliphatic carbocycles. The summed E-state index contributed by atoms with van der Waals surface area (Å²) in [5.41, 5.74) is 0.955. The summed E-state index contributed by atoms with van der Waals surface area (Å²) in [5.74, 6) is 0.545. The Morgan fingerprint density at radius 3 is 2.62 bits per heavy atom. The predicted molar refractivity (Wildman–Crippen MR) is 64.9 cm³/mol. The zero-order chi connectivity index (χ0) is 11.0. The van der Waals surface area contributed by atoms with Gasteiger partial charge < -0.3 is 4.42 Å². The van der Waals surface area contributed by atoms with E-state index in [0.29, 0.717) is 5.89 Å². The van der Waals surface area contributed by atoms with Crippen molar-refractivity contribution in [2.24, 2.45) is 0 Å². The van der Waals surface area contributed by atoms with Crippen LogP contribution in [0.25, 0.3) is 22.2 Å². The first-order valence-corrected chi connectivity index (χ1v) is 5.59. The van der Waals surface area contributed by atoms with Crippen molar-refractivity contribution in [1.29, 1.82) is 0 Å². The zero-order valence-electron chi connectivity index (χ0n) is 8.22. The maximum absolute atomic E-state index is 5.23. The van der Waals surface area contributed by atoms with Gasteiger partial charge in [-0.25, -0.2) is 0 Å². The number of aromatic nitrogens is 2. The first-order chi connectivity index (χ1) is 7.86. The minimum Gasteiger partial charge on any atom is -0.423 e. The first kappa shape index (κ1) is 9.54. The van der Waals surface area contributed by atoms with Crippen LogP contribution in [0.4, 0.5) is 0 Å². The van der Waals surface area contributed by atoms with Gasteiger partial charge in [0.05, 0.1) is 0 Å². The lowest BCUT2D eigenvalue weighted by Crippen LogP contribution is -1.82. The van der Waals surface area contributed by atoms with Crippen molar-refractivity contribution in [3.8, 4) is 11.5 Å². The molecule has 4 heteroatoms. The van der Waals surface area contributed by atoms with E-state index in [1.807, 2.05) is 30.3 Å². The van der Waals surface area contributed by atoms with Crippen LogP contribution in [0.15, 0.2) is 51.7 Å². The van der Waals surface area contributed by atoms with Crippen LogP contribution in [0.2, 0.25) is 0 Å². The molecule has 0 radical (unpaired) electrons. The summed E-state index contributed by atoms with van der Waals surface area (Å²) < 4.78 is 6.29. The Labute approximate surface area is 100 Å². The quantitative estimate of drug-likeness (QED) is 0.680. The van der Waals surface area contributed by atoms with Gasteiger partial charge in [0.25, 0.3) is 0 Å². The summed E-state index contributed by atoms with van der Waals surface area (Å²) in [6, 6.07) is 12.1. The van der Waals surface area contributed by atoms with Crippen molar-refractivity contribution < 1.29 is 4.42 Å². The van der Waals surface area contributed by atoms with E-state index >= 15 is 0 Å². The van der Waals surface area contributed by atoms with E-state index in [4.69, 9.17) is 4.42 Å². The smallest absolute Gasteiger partial charge is 0.248 e. The molecule has 0 unspecified atom stereocenters. The lowest BCUT2D eigenvalue weighted by Gasteiger charge is -2.03. The third-order valence-corrected chi connectivity index (χ3v) is 3.15. The number of nitrogens with zero attached hydrogens (tertiary/aromatic N) is 2. The van der Waals surface area contributed by atoms with Gasteiger partial charge >= 0.3 is 0 Å². The highest BCUT2D eigenvalue weighted by molar-refractivity contribution is 9.10. The Kier molecular flexibility index (Phi) is 2.22. The molecule has 0 atom stereocenters. The van der Waals surface area contributed by atoms with Crippen molar-refractivity contribution in [3.63, 3.8) is 0 Å². The van der Waals surface area contributed by atoms with Crippen LogP contribution in [0.3, 0.4) is 0 Å². The topological polar surface area (TPSA) is 38.9 Å². The van der Waals surface area contributed by atoms with Crippen molar-refractivity contribution in [3.05, 3.63) is 47.3 Å². The van der Waals surface area contributed by atoms with Gasteiger partial charge in [-0.15, -0.1) is 10.2 Å². The Bertz CT molecular complexity index is 635. The summed E-state index contributed by atoms with van der Waals surface area (Å²) in [4.78, 5) is 0. The zero-order valence-corrected chi connectivity index (χ0v) is 9.81. The largest absolute Gasteiger partial charge is 0.423 e. The average Bonchev–Trinajstić information content (AvgIpc) is 2.82. The van der Waals surface area contributed by atoms with Crippen LogP contribution >= 0.6 is 15.9 Å². The highest BCUT2D eigenvalue weighted by Gasteiger charge is 2.08. The van der Waals surface area contributed by atoms with Gasteiger partial charge in [0.1, 0.15) is 0 Å². The fourth-order valence-electron chi connectivity index (χ4n) is 1.75. The molecule has 16 heavy (non-hydrogen) atoms. The molecular formula is C12H7BrN2O. The normalized spacial score (nSPS) is 10.8. The second-order valence-corrected chi connectivity index (χ2v) is 4.24. The Balaban J connectivity index is 2.38. The molecule has 3 aromatic rings. The monoisotopic (exact) mass is 274 g/mol. The number of hydrogen-bond acceptors (Lipinski definition) is 3. The van der Waals surface area contributed by atoms with E-state index in [-0.39, 0.29) is 0 Å². The molecule has 78 valence electrons. The van der Waals surface area contributed by atoms with Crippen LogP contribution in [0.1, 0.15) is 0 Å². The van der Waals surface area contributed by atoms with E-state index in [1.165, 1.54) is 6.39 Å². The molecule has 0 fully saturated rings. The van der Waals surface area contributed by atoms with Crippen molar-refractivity contribution in [2.45, 2.75) is 0 Å². The number of hydrogen-bond donors (Lipinski definition) is 0. The summed E-state index contributed by atoms with van der Waals surface area (Å²) >= 11 is 3.53. The highest BCUT2D eigenvalue weighted by atomic mass is 79.9. The van der Waals surface area contributed by atoms with Gasteiger partial charge in [-0.3, -0.25) is 0 Å². The summed E-state index contributed by atoms with van der Waals surface area (Å²) in [6.45, 7) is 0. The summed E-state index contributed by atoms with van der Waals surface area (Å²) in [7, 11) is 0. The molecule has 0 N–H and O–H groups in total. The molecule has 2 aromatic carbocycles. The Hall–Kier alpha value is -1.68. The third-order valence-electron chi connectivity index (χ3n) is 2.46. The minimum absolute atomic E-state index is 0.545.